The van der Waals surface area contributed by atoms with Crippen molar-refractivity contribution in [3.63, 3.8) is 0 Å². The Bertz CT molecular complexity index is 1600. The third-order valence-corrected chi connectivity index (χ3v) is 15.1. The zero-order chi connectivity index (χ0) is 33.0. The van der Waals surface area contributed by atoms with Crippen LogP contribution < -0.4 is 11.3 Å². The number of nitrogens with zero attached hydrogens (tertiary/aromatic N) is 3. The minimum absolute atomic E-state index is 0.174. The molecule has 3 unspecified atom stereocenters. The van der Waals surface area contributed by atoms with Gasteiger partial charge in [0.05, 0.1) is 12.9 Å². The van der Waals surface area contributed by atoms with Crippen LogP contribution in [0.5, 0.6) is 0 Å². The molecule has 1 aliphatic rings. The van der Waals surface area contributed by atoms with Gasteiger partial charge in [-0.15, -0.1) is 0 Å². The van der Waals surface area contributed by atoms with E-state index in [1.165, 1.54) is 0 Å². The van der Waals surface area contributed by atoms with Crippen molar-refractivity contribution in [2.75, 3.05) is 12.3 Å². The van der Waals surface area contributed by atoms with Crippen molar-refractivity contribution in [1.82, 2.24) is 19.5 Å². The van der Waals surface area contributed by atoms with Gasteiger partial charge < -0.3 is 44.3 Å². The van der Waals surface area contributed by atoms with E-state index < -0.39 is 81.4 Å². The van der Waals surface area contributed by atoms with Crippen LogP contribution in [-0.4, -0.2) is 82.1 Å². The molecular weight excluding hydrogens is 686 g/mol. The number of fused-ring (bicyclic) bond motifs is 1. The SMILES string of the molecule is CC(C)(C)[Si](C)(C)O[C@H]1C(OP(=O)(O)OP(=O)(O)O)[C@@H](COP(=O)(O)OP(=O)(O)O)O[C@H]1n1cnc2c(=O)[nH]c(N)nc21. The average Bonchev–Trinajstić information content (AvgIpc) is 3.29. The lowest BCUT2D eigenvalue weighted by molar-refractivity contribution is -0.0486. The average molecular weight is 717 g/mol. The first kappa shape index (κ1) is 36.3. The second-order valence-electron chi connectivity index (χ2n) is 10.6. The first-order chi connectivity index (χ1) is 19.2. The number of aromatic amines is 1. The van der Waals surface area contributed by atoms with Gasteiger partial charge in [0.15, 0.2) is 25.7 Å². The van der Waals surface area contributed by atoms with Crippen molar-refractivity contribution in [3.8, 4) is 0 Å². The van der Waals surface area contributed by atoms with Crippen LogP contribution in [0.3, 0.4) is 0 Å². The van der Waals surface area contributed by atoms with Crippen molar-refractivity contribution in [2.45, 2.75) is 63.4 Å². The van der Waals surface area contributed by atoms with E-state index in [1.807, 2.05) is 20.8 Å². The van der Waals surface area contributed by atoms with Gasteiger partial charge in [0, 0.05) is 0 Å². The number of imidazole rings is 1. The summed E-state index contributed by atoms with van der Waals surface area (Å²) in [5.41, 5.74) is 4.52. The van der Waals surface area contributed by atoms with Crippen LogP contribution in [0.4, 0.5) is 5.95 Å². The minimum Gasteiger partial charge on any atom is -0.407 e. The van der Waals surface area contributed by atoms with Gasteiger partial charge in [-0.1, -0.05) is 20.8 Å². The Kier molecular flexibility index (Phi) is 10.3. The summed E-state index contributed by atoms with van der Waals surface area (Å²) >= 11 is 0. The number of nitrogen functional groups attached to an aromatic ring is 1. The Hall–Kier alpha value is -1.19. The van der Waals surface area contributed by atoms with Gasteiger partial charge >= 0.3 is 31.3 Å². The number of nitrogens with two attached hydrogens (primary N) is 1. The highest BCUT2D eigenvalue weighted by Gasteiger charge is 2.55. The van der Waals surface area contributed by atoms with Crippen LogP contribution in [-0.2, 0) is 45.1 Å². The normalized spacial score (nSPS) is 25.1. The quantitative estimate of drug-likeness (QED) is 0.111. The summed E-state index contributed by atoms with van der Waals surface area (Å²) in [6, 6.07) is 0. The number of anilines is 1. The molecule has 3 rings (SSSR count). The fourth-order valence-corrected chi connectivity index (χ4v) is 8.27. The number of rotatable bonds is 12. The maximum Gasteiger partial charge on any atom is 0.481 e. The van der Waals surface area contributed by atoms with Crippen LogP contribution in [0.1, 0.15) is 27.0 Å². The third-order valence-electron chi connectivity index (χ3n) is 6.32. The third kappa shape index (κ3) is 9.41. The summed E-state index contributed by atoms with van der Waals surface area (Å²) in [5, 5.41) is -0.545. The number of aromatic nitrogens is 4. The number of H-pyrrole nitrogens is 1. The van der Waals surface area contributed by atoms with Crippen molar-refractivity contribution in [3.05, 3.63) is 16.7 Å². The summed E-state index contributed by atoms with van der Waals surface area (Å²) in [6.07, 6.45) is -5.69. The van der Waals surface area contributed by atoms with E-state index in [2.05, 4.69) is 28.1 Å². The van der Waals surface area contributed by atoms with E-state index in [0.29, 0.717) is 0 Å². The number of ether oxygens (including phenoxy) is 1. The van der Waals surface area contributed by atoms with Gasteiger partial charge in [-0.3, -0.25) is 23.4 Å². The van der Waals surface area contributed by atoms with Crippen LogP contribution in [0, 0.1) is 0 Å². The molecule has 27 heteroatoms. The van der Waals surface area contributed by atoms with E-state index in [-0.39, 0.29) is 17.1 Å². The van der Waals surface area contributed by atoms with Crippen LogP contribution in [0.2, 0.25) is 18.1 Å². The Morgan fingerprint density at radius 1 is 1.02 bits per heavy atom. The lowest BCUT2D eigenvalue weighted by Crippen LogP contribution is -2.49. The maximum absolute atomic E-state index is 12.7. The first-order valence-corrected chi connectivity index (χ1v) is 20.7. The molecule has 2 aromatic rings. The number of hydrogen-bond donors (Lipinski definition) is 8. The Labute approximate surface area is 243 Å². The predicted octanol–water partition coefficient (Wildman–Crippen LogP) is 0.811. The highest BCUT2D eigenvalue weighted by atomic mass is 31.3. The number of phosphoric ester groups is 2. The second kappa shape index (κ2) is 12.2. The fraction of sp³-hybridized carbons (Fsp3) is 0.688. The molecule has 1 saturated heterocycles. The van der Waals surface area contributed by atoms with E-state index in [9.17, 15) is 32.8 Å². The van der Waals surface area contributed by atoms with Gasteiger partial charge in [-0.05, 0) is 18.1 Å². The van der Waals surface area contributed by atoms with Gasteiger partial charge in [-0.2, -0.15) is 13.6 Å². The van der Waals surface area contributed by atoms with Crippen LogP contribution in [0.25, 0.3) is 11.2 Å². The summed E-state index contributed by atoms with van der Waals surface area (Å²) in [5.74, 6) is -0.336. The molecule has 1 fully saturated rings. The fourth-order valence-electron chi connectivity index (χ4n) is 3.60. The standard InChI is InChI=1S/C16H31N5O17P4Si/c1-16(2,3)43(4,5)36-11-10(35-42(31,32)38-40(26,27)28)8(6-33-41(29,30)37-39(23,24)25)34-14(11)21-7-18-9-12(21)19-15(17)20-13(9)22/h7-8,10-11,14H,6H2,1-5H3,(H,29,30)(H,31,32)(H2,23,24,25)(H2,26,27,28)(H3,17,19,20,22)/t8-,10?,11+,14-/m1/s1. The lowest BCUT2D eigenvalue weighted by Gasteiger charge is -2.40. The molecule has 0 aliphatic carbocycles. The molecule has 0 radical (unpaired) electrons. The smallest absolute Gasteiger partial charge is 0.407 e. The molecule has 2 aromatic heterocycles. The molecule has 3 heterocycles. The summed E-state index contributed by atoms with van der Waals surface area (Å²) in [6.45, 7) is 7.82. The summed E-state index contributed by atoms with van der Waals surface area (Å²) in [7, 11) is -25.3. The molecule has 43 heavy (non-hydrogen) atoms. The van der Waals surface area contributed by atoms with Crippen LogP contribution in [0.15, 0.2) is 11.1 Å². The Morgan fingerprint density at radius 2 is 1.58 bits per heavy atom. The zero-order valence-electron chi connectivity index (χ0n) is 23.0. The number of nitrogens with one attached hydrogen (secondary N) is 1. The van der Waals surface area contributed by atoms with Crippen molar-refractivity contribution < 1.29 is 74.5 Å². The summed E-state index contributed by atoms with van der Waals surface area (Å²) < 4.78 is 78.1. The second-order valence-corrected chi connectivity index (χ2v) is 21.0. The zero-order valence-corrected chi connectivity index (χ0v) is 27.6. The van der Waals surface area contributed by atoms with Gasteiger partial charge in [0.25, 0.3) is 5.56 Å². The highest BCUT2D eigenvalue weighted by Crippen LogP contribution is 2.61. The highest BCUT2D eigenvalue weighted by molar-refractivity contribution is 7.61. The monoisotopic (exact) mass is 717 g/mol. The molecule has 6 atom stereocenters. The molecule has 0 spiro atoms. The van der Waals surface area contributed by atoms with Crippen molar-refractivity contribution in [1.29, 1.82) is 0 Å². The van der Waals surface area contributed by atoms with Crippen LogP contribution >= 0.6 is 31.3 Å². The van der Waals surface area contributed by atoms with Gasteiger partial charge in [0.2, 0.25) is 5.95 Å². The van der Waals surface area contributed by atoms with Crippen molar-refractivity contribution in [2.24, 2.45) is 0 Å². The van der Waals surface area contributed by atoms with E-state index in [1.54, 1.807) is 13.1 Å². The molecule has 246 valence electrons. The van der Waals surface area contributed by atoms with Gasteiger partial charge in [-0.25, -0.2) is 23.2 Å². The summed E-state index contributed by atoms with van der Waals surface area (Å²) in [4.78, 5) is 78.6. The molecule has 0 aromatic carbocycles. The molecule has 1 aliphatic heterocycles. The van der Waals surface area contributed by atoms with E-state index in [4.69, 9.17) is 39.0 Å². The topological polar surface area (TPSA) is 335 Å². The van der Waals surface area contributed by atoms with Crippen molar-refractivity contribution >= 4 is 56.7 Å². The molecule has 0 amide bonds. The molecule has 22 nitrogen and oxygen atoms in total. The van der Waals surface area contributed by atoms with E-state index >= 15 is 0 Å². The van der Waals surface area contributed by atoms with E-state index in [0.717, 1.165) is 10.9 Å². The number of hydrogen-bond acceptors (Lipinski definition) is 14. The predicted molar refractivity (Wildman–Crippen MR) is 145 cm³/mol. The maximum atomic E-state index is 12.7. The first-order valence-electron chi connectivity index (χ1n) is 11.8. The van der Waals surface area contributed by atoms with Gasteiger partial charge in [0.1, 0.15) is 18.3 Å². The molecule has 9 N–H and O–H groups in total. The molecule has 0 bridgehead atoms. The lowest BCUT2D eigenvalue weighted by atomic mass is 10.1. The number of phosphoric acid groups is 4. The molecule has 0 saturated carbocycles. The Morgan fingerprint density at radius 3 is 2.12 bits per heavy atom. The minimum atomic E-state index is -5.68. The Balaban J connectivity index is 2.16. The molecular formula is C16H31N5O17P4Si. The largest absolute Gasteiger partial charge is 0.481 e.